The average Bonchev–Trinajstić information content (AvgIpc) is 2.45. The van der Waals surface area contributed by atoms with Gasteiger partial charge in [-0.25, -0.2) is 0 Å². The van der Waals surface area contributed by atoms with E-state index in [1.54, 1.807) is 0 Å². The third-order valence-corrected chi connectivity index (χ3v) is 2.91. The van der Waals surface area contributed by atoms with Crippen LogP contribution in [0.25, 0.3) is 0 Å². The van der Waals surface area contributed by atoms with E-state index < -0.39 is 42.7 Å². The van der Waals surface area contributed by atoms with Gasteiger partial charge in [0, 0.05) is 13.1 Å². The van der Waals surface area contributed by atoms with Crippen LogP contribution >= 0.6 is 0 Å². The van der Waals surface area contributed by atoms with Gasteiger partial charge in [0.2, 0.25) is 0 Å². The standard InChI is InChI=1S/C13H14F6N2O3/c14-12(15,16)8-1-2-10(21(3-5-22)4-6-23)9(7-8)20-11(24)13(17,18)19/h1-2,7,22-23H,3-6H2,(H,20,24). The summed E-state index contributed by atoms with van der Waals surface area (Å²) in [7, 11) is 0. The molecular formula is C13H14F6N2O3. The van der Waals surface area contributed by atoms with Gasteiger partial charge in [-0.05, 0) is 18.2 Å². The van der Waals surface area contributed by atoms with Crippen LogP contribution in [0.2, 0.25) is 0 Å². The SMILES string of the molecule is O=C(Nc1cc(C(F)(F)F)ccc1N(CCO)CCO)C(F)(F)F. The summed E-state index contributed by atoms with van der Waals surface area (Å²) in [5, 5.41) is 19.3. The van der Waals surface area contributed by atoms with E-state index in [0.717, 1.165) is 11.0 Å². The van der Waals surface area contributed by atoms with Crippen LogP contribution in [0.5, 0.6) is 0 Å². The summed E-state index contributed by atoms with van der Waals surface area (Å²) in [5.74, 6) is -2.43. The maximum absolute atomic E-state index is 12.7. The van der Waals surface area contributed by atoms with Crippen LogP contribution in [0, 0.1) is 0 Å². The third-order valence-electron chi connectivity index (χ3n) is 2.91. The van der Waals surface area contributed by atoms with Crippen molar-refractivity contribution in [2.45, 2.75) is 12.4 Å². The Balaban J connectivity index is 3.33. The zero-order valence-electron chi connectivity index (χ0n) is 12.1. The minimum atomic E-state index is -5.29. The molecule has 0 spiro atoms. The van der Waals surface area contributed by atoms with Crippen molar-refractivity contribution in [3.05, 3.63) is 23.8 Å². The van der Waals surface area contributed by atoms with Crippen LogP contribution in [-0.4, -0.2) is 48.6 Å². The van der Waals surface area contributed by atoms with Gasteiger partial charge in [0.25, 0.3) is 0 Å². The Hall–Kier alpha value is -2.01. The van der Waals surface area contributed by atoms with Gasteiger partial charge < -0.3 is 20.4 Å². The lowest BCUT2D eigenvalue weighted by Gasteiger charge is -2.26. The van der Waals surface area contributed by atoms with E-state index in [1.165, 1.54) is 5.32 Å². The van der Waals surface area contributed by atoms with Gasteiger partial charge in [-0.1, -0.05) is 0 Å². The first-order chi connectivity index (χ1) is 11.0. The van der Waals surface area contributed by atoms with Crippen LogP contribution in [-0.2, 0) is 11.0 Å². The quantitative estimate of drug-likeness (QED) is 0.679. The molecule has 1 aromatic carbocycles. The second-order valence-corrected chi connectivity index (χ2v) is 4.62. The molecule has 1 aromatic rings. The Labute approximate surface area is 132 Å². The molecule has 1 rings (SSSR count). The van der Waals surface area contributed by atoms with Crippen LogP contribution in [0.15, 0.2) is 18.2 Å². The molecule has 0 aromatic heterocycles. The average molecular weight is 360 g/mol. The van der Waals surface area contributed by atoms with Gasteiger partial charge in [0.05, 0.1) is 30.2 Å². The van der Waals surface area contributed by atoms with Crippen LogP contribution < -0.4 is 10.2 Å². The molecule has 1 amide bonds. The molecule has 0 aliphatic rings. The third kappa shape index (κ3) is 5.27. The molecule has 0 saturated heterocycles. The smallest absolute Gasteiger partial charge is 0.395 e. The fourth-order valence-corrected chi connectivity index (χ4v) is 1.88. The number of nitrogens with zero attached hydrogens (tertiary/aromatic N) is 1. The Bertz CT molecular complexity index is 568. The molecule has 0 aliphatic carbocycles. The highest BCUT2D eigenvalue weighted by atomic mass is 19.4. The monoisotopic (exact) mass is 360 g/mol. The van der Waals surface area contributed by atoms with E-state index in [1.807, 2.05) is 0 Å². The van der Waals surface area contributed by atoms with Crippen molar-refractivity contribution < 1.29 is 41.4 Å². The maximum atomic E-state index is 12.7. The van der Waals surface area contributed by atoms with Gasteiger partial charge in [-0.2, -0.15) is 26.3 Å². The fraction of sp³-hybridized carbons (Fsp3) is 0.462. The van der Waals surface area contributed by atoms with Gasteiger partial charge in [-0.15, -0.1) is 0 Å². The molecular weight excluding hydrogens is 346 g/mol. The van der Waals surface area contributed by atoms with Gasteiger partial charge in [0.15, 0.2) is 0 Å². The first-order valence-electron chi connectivity index (χ1n) is 6.56. The highest BCUT2D eigenvalue weighted by molar-refractivity contribution is 5.98. The molecule has 3 N–H and O–H groups in total. The van der Waals surface area contributed by atoms with Crippen molar-refractivity contribution in [2.75, 3.05) is 36.5 Å². The predicted molar refractivity (Wildman–Crippen MR) is 72.5 cm³/mol. The molecule has 0 bridgehead atoms. The minimum Gasteiger partial charge on any atom is -0.395 e. The molecule has 0 saturated carbocycles. The van der Waals surface area contributed by atoms with Gasteiger partial charge in [0.1, 0.15) is 0 Å². The van der Waals surface area contributed by atoms with E-state index in [2.05, 4.69) is 0 Å². The number of alkyl halides is 6. The first-order valence-corrected chi connectivity index (χ1v) is 6.56. The number of aliphatic hydroxyl groups excluding tert-OH is 2. The van der Waals surface area contributed by atoms with E-state index in [-0.39, 0.29) is 18.8 Å². The largest absolute Gasteiger partial charge is 0.471 e. The van der Waals surface area contributed by atoms with Gasteiger partial charge in [-0.3, -0.25) is 4.79 Å². The van der Waals surface area contributed by atoms with Gasteiger partial charge >= 0.3 is 18.3 Å². The lowest BCUT2D eigenvalue weighted by molar-refractivity contribution is -0.167. The number of hydrogen-bond donors (Lipinski definition) is 3. The number of hydrogen-bond acceptors (Lipinski definition) is 4. The van der Waals surface area contributed by atoms with E-state index in [0.29, 0.717) is 12.1 Å². The van der Waals surface area contributed by atoms with Crippen LogP contribution in [0.4, 0.5) is 37.7 Å². The minimum absolute atomic E-state index is 0.166. The molecule has 0 aliphatic heterocycles. The zero-order valence-corrected chi connectivity index (χ0v) is 12.1. The summed E-state index contributed by atoms with van der Waals surface area (Å²) < 4.78 is 75.3. The summed E-state index contributed by atoms with van der Waals surface area (Å²) in [5.41, 5.74) is -2.17. The molecule has 0 fully saturated rings. The number of aliphatic hydroxyl groups is 2. The lowest BCUT2D eigenvalue weighted by atomic mass is 10.1. The summed E-state index contributed by atoms with van der Waals surface area (Å²) >= 11 is 0. The highest BCUT2D eigenvalue weighted by Gasteiger charge is 2.39. The number of anilines is 2. The number of halogens is 6. The number of nitrogens with one attached hydrogen (secondary N) is 1. The van der Waals surface area contributed by atoms with Crippen molar-refractivity contribution >= 4 is 17.3 Å². The number of rotatable bonds is 6. The fourth-order valence-electron chi connectivity index (χ4n) is 1.88. The summed E-state index contributed by atoms with van der Waals surface area (Å²) in [6.45, 7) is -1.26. The molecule has 5 nitrogen and oxygen atoms in total. The second kappa shape index (κ2) is 7.71. The summed E-state index contributed by atoms with van der Waals surface area (Å²) in [4.78, 5) is 12.2. The van der Waals surface area contributed by atoms with Crippen molar-refractivity contribution in [1.29, 1.82) is 0 Å². The Morgan fingerprint density at radius 1 is 1.04 bits per heavy atom. The topological polar surface area (TPSA) is 72.8 Å². The van der Waals surface area contributed by atoms with Crippen molar-refractivity contribution in [3.8, 4) is 0 Å². The van der Waals surface area contributed by atoms with Crippen molar-refractivity contribution in [2.24, 2.45) is 0 Å². The number of amides is 1. The highest BCUT2D eigenvalue weighted by Crippen LogP contribution is 2.36. The normalized spacial score (nSPS) is 12.2. The number of benzene rings is 1. The lowest BCUT2D eigenvalue weighted by Crippen LogP contribution is -2.33. The van der Waals surface area contributed by atoms with E-state index >= 15 is 0 Å². The molecule has 0 radical (unpaired) electrons. The number of carbonyl (C=O) groups is 1. The Morgan fingerprint density at radius 2 is 1.58 bits per heavy atom. The second-order valence-electron chi connectivity index (χ2n) is 4.62. The van der Waals surface area contributed by atoms with Crippen molar-refractivity contribution in [1.82, 2.24) is 0 Å². The molecule has 11 heteroatoms. The Kier molecular flexibility index (Phi) is 6.43. The molecule has 0 heterocycles. The van der Waals surface area contributed by atoms with Crippen molar-refractivity contribution in [3.63, 3.8) is 0 Å². The molecule has 0 atom stereocenters. The molecule has 136 valence electrons. The number of carbonyl (C=O) groups excluding carboxylic acids is 1. The van der Waals surface area contributed by atoms with Crippen LogP contribution in [0.3, 0.4) is 0 Å². The Morgan fingerprint density at radius 3 is 2.00 bits per heavy atom. The summed E-state index contributed by atoms with van der Waals surface area (Å²) in [6, 6.07) is 1.85. The maximum Gasteiger partial charge on any atom is 0.471 e. The summed E-state index contributed by atoms with van der Waals surface area (Å²) in [6.07, 6.45) is -10.1. The van der Waals surface area contributed by atoms with Crippen LogP contribution in [0.1, 0.15) is 5.56 Å². The first kappa shape index (κ1) is 20.0. The van der Waals surface area contributed by atoms with E-state index in [9.17, 15) is 31.1 Å². The van der Waals surface area contributed by atoms with E-state index in [4.69, 9.17) is 10.2 Å². The molecule has 0 unspecified atom stereocenters. The predicted octanol–water partition coefficient (Wildman–Crippen LogP) is 2.00. The molecule has 24 heavy (non-hydrogen) atoms. The zero-order chi connectivity index (χ0) is 18.5.